The van der Waals surface area contributed by atoms with E-state index in [4.69, 9.17) is 5.73 Å². The van der Waals surface area contributed by atoms with Crippen molar-refractivity contribution >= 4 is 0 Å². The van der Waals surface area contributed by atoms with E-state index in [1.54, 1.807) is 0 Å². The number of hydrogen-bond acceptors (Lipinski definition) is 1. The van der Waals surface area contributed by atoms with Gasteiger partial charge in [0.15, 0.2) is 0 Å². The molecule has 1 aliphatic carbocycles. The highest BCUT2D eigenvalue weighted by atomic mass is 14.7. The molecule has 0 heterocycles. The van der Waals surface area contributed by atoms with Crippen LogP contribution in [0.3, 0.4) is 0 Å². The van der Waals surface area contributed by atoms with Gasteiger partial charge >= 0.3 is 0 Å². The number of allylic oxidation sites excluding steroid dienone is 2. The van der Waals surface area contributed by atoms with Gasteiger partial charge < -0.3 is 5.73 Å². The van der Waals surface area contributed by atoms with E-state index in [2.05, 4.69) is 19.6 Å². The quantitative estimate of drug-likeness (QED) is 0.683. The molecule has 68 valence electrons. The Labute approximate surface area is 75.3 Å². The van der Waals surface area contributed by atoms with Crippen molar-refractivity contribution in [1.29, 1.82) is 0 Å². The van der Waals surface area contributed by atoms with Crippen molar-refractivity contribution in [3.63, 3.8) is 0 Å². The zero-order valence-corrected chi connectivity index (χ0v) is 7.92. The van der Waals surface area contributed by atoms with Crippen LogP contribution in [0.2, 0.25) is 0 Å². The second-order valence-electron chi connectivity index (χ2n) is 3.54. The molecule has 2 unspecified atom stereocenters. The van der Waals surface area contributed by atoms with E-state index in [-0.39, 0.29) is 0 Å². The first-order valence-corrected chi connectivity index (χ1v) is 4.87. The zero-order valence-electron chi connectivity index (χ0n) is 7.92. The molecular formula is C11H19N. The van der Waals surface area contributed by atoms with Crippen molar-refractivity contribution in [2.45, 2.75) is 38.6 Å². The summed E-state index contributed by atoms with van der Waals surface area (Å²) < 4.78 is 0. The molecule has 0 radical (unpaired) electrons. The molecule has 0 fully saturated rings. The molecule has 1 aliphatic rings. The first kappa shape index (κ1) is 9.53. The Kier molecular flexibility index (Phi) is 3.54. The van der Waals surface area contributed by atoms with Crippen LogP contribution in [-0.2, 0) is 0 Å². The summed E-state index contributed by atoms with van der Waals surface area (Å²) in [6.07, 6.45) is 8.95. The van der Waals surface area contributed by atoms with E-state index in [9.17, 15) is 0 Å². The highest BCUT2D eigenvalue weighted by Crippen LogP contribution is 2.28. The molecule has 0 aromatic carbocycles. The Bertz CT molecular complexity index is 181. The standard InChI is InChI=1S/C11H19N/c1-3-6-10-9(4-2)7-5-8-11(10)12/h4,7,10-11H,2-3,5-6,8,12H2,1H3. The van der Waals surface area contributed by atoms with Crippen LogP contribution in [0.5, 0.6) is 0 Å². The molecule has 1 nitrogen and oxygen atoms in total. The van der Waals surface area contributed by atoms with Crippen molar-refractivity contribution in [1.82, 2.24) is 0 Å². The van der Waals surface area contributed by atoms with Gasteiger partial charge in [-0.25, -0.2) is 0 Å². The zero-order chi connectivity index (χ0) is 8.97. The van der Waals surface area contributed by atoms with Gasteiger partial charge in [-0.05, 0) is 30.8 Å². The van der Waals surface area contributed by atoms with Crippen molar-refractivity contribution in [3.05, 3.63) is 24.3 Å². The lowest BCUT2D eigenvalue weighted by Crippen LogP contribution is -2.33. The average Bonchev–Trinajstić information content (AvgIpc) is 2.09. The van der Waals surface area contributed by atoms with Gasteiger partial charge in [-0.3, -0.25) is 0 Å². The van der Waals surface area contributed by atoms with E-state index in [0.717, 1.165) is 12.8 Å². The van der Waals surface area contributed by atoms with Crippen molar-refractivity contribution < 1.29 is 0 Å². The Morgan fingerprint density at radius 2 is 2.50 bits per heavy atom. The largest absolute Gasteiger partial charge is 0.327 e. The van der Waals surface area contributed by atoms with Crippen LogP contribution in [0.15, 0.2) is 24.3 Å². The van der Waals surface area contributed by atoms with Crippen LogP contribution in [0, 0.1) is 5.92 Å². The molecule has 2 atom stereocenters. The summed E-state index contributed by atoms with van der Waals surface area (Å²) in [7, 11) is 0. The summed E-state index contributed by atoms with van der Waals surface area (Å²) in [5, 5.41) is 0. The Morgan fingerprint density at radius 3 is 3.08 bits per heavy atom. The van der Waals surface area contributed by atoms with Gasteiger partial charge in [-0.2, -0.15) is 0 Å². The highest BCUT2D eigenvalue weighted by molar-refractivity contribution is 5.23. The minimum Gasteiger partial charge on any atom is -0.327 e. The molecule has 12 heavy (non-hydrogen) atoms. The maximum atomic E-state index is 6.04. The van der Waals surface area contributed by atoms with Crippen LogP contribution < -0.4 is 5.73 Å². The predicted octanol–water partition coefficient (Wildman–Crippen LogP) is 2.64. The smallest absolute Gasteiger partial charge is 0.0111 e. The predicted molar refractivity (Wildman–Crippen MR) is 53.9 cm³/mol. The Balaban J connectivity index is 2.67. The van der Waals surface area contributed by atoms with E-state index in [1.807, 2.05) is 6.08 Å². The van der Waals surface area contributed by atoms with Gasteiger partial charge in [0.1, 0.15) is 0 Å². The lowest BCUT2D eigenvalue weighted by Gasteiger charge is -2.28. The van der Waals surface area contributed by atoms with Crippen LogP contribution in [0.1, 0.15) is 32.6 Å². The van der Waals surface area contributed by atoms with Crippen LogP contribution in [0.25, 0.3) is 0 Å². The lowest BCUT2D eigenvalue weighted by molar-refractivity contribution is 0.413. The van der Waals surface area contributed by atoms with Crippen molar-refractivity contribution in [2.24, 2.45) is 11.7 Å². The first-order valence-electron chi connectivity index (χ1n) is 4.87. The second kappa shape index (κ2) is 4.46. The topological polar surface area (TPSA) is 26.0 Å². The monoisotopic (exact) mass is 165 g/mol. The molecule has 0 saturated heterocycles. The fourth-order valence-electron chi connectivity index (χ4n) is 1.97. The van der Waals surface area contributed by atoms with Gasteiger partial charge in [0.25, 0.3) is 0 Å². The van der Waals surface area contributed by atoms with Crippen LogP contribution >= 0.6 is 0 Å². The van der Waals surface area contributed by atoms with Gasteiger partial charge in [-0.1, -0.05) is 32.1 Å². The van der Waals surface area contributed by atoms with Gasteiger partial charge in [0.05, 0.1) is 0 Å². The van der Waals surface area contributed by atoms with E-state index >= 15 is 0 Å². The summed E-state index contributed by atoms with van der Waals surface area (Å²) >= 11 is 0. The number of rotatable bonds is 3. The highest BCUT2D eigenvalue weighted by Gasteiger charge is 2.21. The Hall–Kier alpha value is -0.560. The van der Waals surface area contributed by atoms with E-state index in [1.165, 1.54) is 18.4 Å². The normalized spacial score (nSPS) is 29.7. The van der Waals surface area contributed by atoms with Gasteiger partial charge in [0.2, 0.25) is 0 Å². The average molecular weight is 165 g/mol. The molecule has 2 N–H and O–H groups in total. The molecule has 0 aliphatic heterocycles. The molecule has 1 rings (SSSR count). The maximum absolute atomic E-state index is 6.04. The molecule has 0 aromatic heterocycles. The number of hydrogen-bond donors (Lipinski definition) is 1. The van der Waals surface area contributed by atoms with Crippen LogP contribution in [-0.4, -0.2) is 6.04 Å². The molecule has 1 heteroatoms. The minimum absolute atomic E-state index is 0.364. The fourth-order valence-corrected chi connectivity index (χ4v) is 1.97. The summed E-state index contributed by atoms with van der Waals surface area (Å²) in [5.41, 5.74) is 7.41. The third-order valence-corrected chi connectivity index (χ3v) is 2.66. The maximum Gasteiger partial charge on any atom is 0.0111 e. The molecule has 0 bridgehead atoms. The second-order valence-corrected chi connectivity index (χ2v) is 3.54. The number of nitrogens with two attached hydrogens (primary N) is 1. The molecule has 0 amide bonds. The van der Waals surface area contributed by atoms with Crippen molar-refractivity contribution in [2.75, 3.05) is 0 Å². The van der Waals surface area contributed by atoms with E-state index < -0.39 is 0 Å². The summed E-state index contributed by atoms with van der Waals surface area (Å²) in [5.74, 6) is 0.571. The SMILES string of the molecule is C=CC1=CCCC(N)C1CCC. The van der Waals surface area contributed by atoms with Gasteiger partial charge in [-0.15, -0.1) is 0 Å². The minimum atomic E-state index is 0.364. The molecule has 0 saturated carbocycles. The third-order valence-electron chi connectivity index (χ3n) is 2.66. The fraction of sp³-hybridized carbons (Fsp3) is 0.636. The lowest BCUT2D eigenvalue weighted by atomic mass is 9.81. The molecule has 0 spiro atoms. The summed E-state index contributed by atoms with van der Waals surface area (Å²) in [4.78, 5) is 0. The molecule has 0 aromatic rings. The Morgan fingerprint density at radius 1 is 1.75 bits per heavy atom. The summed E-state index contributed by atoms with van der Waals surface area (Å²) in [6.45, 7) is 6.04. The molecular weight excluding hydrogens is 146 g/mol. The first-order chi connectivity index (χ1) is 5.79. The summed E-state index contributed by atoms with van der Waals surface area (Å²) in [6, 6.07) is 0.364. The third kappa shape index (κ3) is 1.98. The van der Waals surface area contributed by atoms with Crippen molar-refractivity contribution in [3.8, 4) is 0 Å². The van der Waals surface area contributed by atoms with Crippen LogP contribution in [0.4, 0.5) is 0 Å². The van der Waals surface area contributed by atoms with E-state index in [0.29, 0.717) is 12.0 Å². The van der Waals surface area contributed by atoms with Gasteiger partial charge in [0, 0.05) is 6.04 Å².